The molecule has 0 N–H and O–H groups in total. The Morgan fingerprint density at radius 2 is 1.88 bits per heavy atom. The Morgan fingerprint density at radius 1 is 1.38 bits per heavy atom. The molecular weight excluding hydrogens is 120 g/mol. The zero-order valence-electron chi connectivity index (χ0n) is 6.00. The summed E-state index contributed by atoms with van der Waals surface area (Å²) in [6, 6.07) is 0. The van der Waals surface area contributed by atoms with Gasteiger partial charge in [-0.2, -0.15) is 0 Å². The maximum atomic E-state index is 5.91. The second-order valence-electron chi connectivity index (χ2n) is 2.82. The molecule has 0 fully saturated rings. The van der Waals surface area contributed by atoms with E-state index in [4.69, 9.17) is 11.6 Å². The van der Waals surface area contributed by atoms with Gasteiger partial charge in [0.05, 0.1) is 0 Å². The van der Waals surface area contributed by atoms with Crippen LogP contribution in [0, 0.1) is 0 Å². The van der Waals surface area contributed by atoms with Crippen molar-refractivity contribution in [2.24, 2.45) is 0 Å². The number of alkyl halides is 1. The van der Waals surface area contributed by atoms with E-state index in [0.717, 1.165) is 6.42 Å². The third kappa shape index (κ3) is 6.29. The van der Waals surface area contributed by atoms with Crippen LogP contribution in [0.2, 0.25) is 0 Å². The van der Waals surface area contributed by atoms with Crippen molar-refractivity contribution < 1.29 is 0 Å². The smallest absolute Gasteiger partial charge is 0.0390 e. The largest absolute Gasteiger partial charge is 0.120 e. The molecule has 0 aliphatic carbocycles. The van der Waals surface area contributed by atoms with Crippen LogP contribution in [0.25, 0.3) is 0 Å². The van der Waals surface area contributed by atoms with Gasteiger partial charge in [-0.1, -0.05) is 19.8 Å². The summed E-state index contributed by atoms with van der Waals surface area (Å²) in [6.07, 6.45) is 3.62. The first-order valence-electron chi connectivity index (χ1n) is 3.25. The maximum Gasteiger partial charge on any atom is 0.0390 e. The van der Waals surface area contributed by atoms with Gasteiger partial charge in [-0.3, -0.25) is 0 Å². The summed E-state index contributed by atoms with van der Waals surface area (Å²) < 4.78 is 0. The van der Waals surface area contributed by atoms with Gasteiger partial charge in [-0.05, 0) is 20.3 Å². The number of hydrogen-bond donors (Lipinski definition) is 0. The van der Waals surface area contributed by atoms with Crippen molar-refractivity contribution in [1.82, 2.24) is 0 Å². The standard InChI is InChI=1S/C7H15Cl/c1-4-5-6-7(2,3)8/h4-6H2,1-3H3. The summed E-state index contributed by atoms with van der Waals surface area (Å²) in [4.78, 5) is 0.0238. The molecule has 8 heavy (non-hydrogen) atoms. The number of hydrogen-bond acceptors (Lipinski definition) is 0. The van der Waals surface area contributed by atoms with Crippen molar-refractivity contribution in [3.63, 3.8) is 0 Å². The van der Waals surface area contributed by atoms with E-state index in [9.17, 15) is 0 Å². The predicted molar refractivity (Wildman–Crippen MR) is 39.5 cm³/mol. The average Bonchev–Trinajstić information content (AvgIpc) is 1.59. The van der Waals surface area contributed by atoms with Gasteiger partial charge in [-0.25, -0.2) is 0 Å². The highest BCUT2D eigenvalue weighted by Gasteiger charge is 2.10. The second-order valence-corrected chi connectivity index (χ2v) is 3.85. The number of rotatable bonds is 3. The highest BCUT2D eigenvalue weighted by molar-refractivity contribution is 6.23. The van der Waals surface area contributed by atoms with Crippen LogP contribution in [-0.4, -0.2) is 4.87 Å². The Hall–Kier alpha value is 0.290. The Balaban J connectivity index is 3.11. The summed E-state index contributed by atoms with van der Waals surface area (Å²) in [6.45, 7) is 6.30. The van der Waals surface area contributed by atoms with Gasteiger partial charge < -0.3 is 0 Å². The topological polar surface area (TPSA) is 0 Å². The minimum absolute atomic E-state index is 0.0238. The maximum absolute atomic E-state index is 5.91. The molecule has 0 aromatic heterocycles. The summed E-state index contributed by atoms with van der Waals surface area (Å²) >= 11 is 5.91. The molecule has 0 spiro atoms. The van der Waals surface area contributed by atoms with Gasteiger partial charge in [0.1, 0.15) is 0 Å². The van der Waals surface area contributed by atoms with Crippen LogP contribution in [-0.2, 0) is 0 Å². The zero-order valence-corrected chi connectivity index (χ0v) is 6.76. The Morgan fingerprint density at radius 3 is 2.00 bits per heavy atom. The fourth-order valence-electron chi connectivity index (χ4n) is 0.597. The first kappa shape index (κ1) is 8.29. The SMILES string of the molecule is CCCCC(C)(C)Cl. The monoisotopic (exact) mass is 134 g/mol. The molecule has 0 heterocycles. The third-order valence-corrected chi connectivity index (χ3v) is 1.31. The van der Waals surface area contributed by atoms with Crippen LogP contribution in [0.3, 0.4) is 0 Å². The normalized spacial score (nSPS) is 12.0. The number of halogens is 1. The van der Waals surface area contributed by atoms with E-state index in [1.807, 2.05) is 0 Å². The summed E-state index contributed by atoms with van der Waals surface area (Å²) in [5.74, 6) is 0. The Kier molecular flexibility index (Phi) is 3.46. The van der Waals surface area contributed by atoms with Gasteiger partial charge >= 0.3 is 0 Å². The predicted octanol–water partition coefficient (Wildman–Crippen LogP) is 3.19. The molecule has 0 atom stereocenters. The van der Waals surface area contributed by atoms with Crippen LogP contribution in [0.4, 0.5) is 0 Å². The van der Waals surface area contributed by atoms with Gasteiger partial charge in [0.25, 0.3) is 0 Å². The van der Waals surface area contributed by atoms with Crippen molar-refractivity contribution in [2.75, 3.05) is 0 Å². The summed E-state index contributed by atoms with van der Waals surface area (Å²) in [5, 5.41) is 0. The molecule has 50 valence electrons. The molecule has 0 saturated heterocycles. The highest BCUT2D eigenvalue weighted by atomic mass is 35.5. The van der Waals surface area contributed by atoms with Crippen LogP contribution in [0.15, 0.2) is 0 Å². The van der Waals surface area contributed by atoms with E-state index in [-0.39, 0.29) is 4.87 Å². The van der Waals surface area contributed by atoms with E-state index in [1.54, 1.807) is 0 Å². The molecule has 0 aliphatic rings. The molecule has 0 aromatic carbocycles. The molecule has 0 radical (unpaired) electrons. The van der Waals surface area contributed by atoms with Crippen LogP contribution in [0.5, 0.6) is 0 Å². The van der Waals surface area contributed by atoms with Gasteiger partial charge in [0, 0.05) is 4.87 Å². The Bertz CT molecular complexity index is 51.9. The van der Waals surface area contributed by atoms with Gasteiger partial charge in [0.15, 0.2) is 0 Å². The lowest BCUT2D eigenvalue weighted by molar-refractivity contribution is 0.584. The van der Waals surface area contributed by atoms with E-state index in [1.165, 1.54) is 12.8 Å². The van der Waals surface area contributed by atoms with Crippen LogP contribution in [0.1, 0.15) is 40.0 Å². The third-order valence-electron chi connectivity index (χ3n) is 1.12. The van der Waals surface area contributed by atoms with E-state index < -0.39 is 0 Å². The molecule has 0 rings (SSSR count). The van der Waals surface area contributed by atoms with Gasteiger partial charge in [0.2, 0.25) is 0 Å². The molecule has 0 aromatic rings. The minimum Gasteiger partial charge on any atom is -0.120 e. The average molecular weight is 135 g/mol. The lowest BCUT2D eigenvalue weighted by Gasteiger charge is -2.13. The van der Waals surface area contributed by atoms with Crippen molar-refractivity contribution in [3.05, 3.63) is 0 Å². The van der Waals surface area contributed by atoms with Crippen molar-refractivity contribution >= 4 is 11.6 Å². The van der Waals surface area contributed by atoms with Crippen LogP contribution >= 0.6 is 11.6 Å². The van der Waals surface area contributed by atoms with Gasteiger partial charge in [-0.15, -0.1) is 11.6 Å². The van der Waals surface area contributed by atoms with Crippen molar-refractivity contribution in [2.45, 2.75) is 44.9 Å². The van der Waals surface area contributed by atoms with Crippen molar-refractivity contribution in [3.8, 4) is 0 Å². The van der Waals surface area contributed by atoms with E-state index in [0.29, 0.717) is 0 Å². The van der Waals surface area contributed by atoms with E-state index >= 15 is 0 Å². The number of unbranched alkanes of at least 4 members (excludes halogenated alkanes) is 1. The van der Waals surface area contributed by atoms with Crippen molar-refractivity contribution in [1.29, 1.82) is 0 Å². The first-order valence-corrected chi connectivity index (χ1v) is 3.63. The quantitative estimate of drug-likeness (QED) is 0.520. The minimum atomic E-state index is 0.0238. The fourth-order valence-corrected chi connectivity index (χ4v) is 0.731. The molecule has 0 saturated carbocycles. The lowest BCUT2D eigenvalue weighted by Crippen LogP contribution is -2.08. The molecule has 0 aliphatic heterocycles. The molecule has 0 nitrogen and oxygen atoms in total. The zero-order chi connectivity index (χ0) is 6.62. The lowest BCUT2D eigenvalue weighted by atomic mass is 10.1. The molecule has 0 amide bonds. The Labute approximate surface area is 57.2 Å². The first-order chi connectivity index (χ1) is 3.56. The highest BCUT2D eigenvalue weighted by Crippen LogP contribution is 2.19. The fraction of sp³-hybridized carbons (Fsp3) is 1.00. The summed E-state index contributed by atoms with van der Waals surface area (Å²) in [5.41, 5.74) is 0. The second kappa shape index (κ2) is 3.34. The summed E-state index contributed by atoms with van der Waals surface area (Å²) in [7, 11) is 0. The molecular formula is C7H15Cl. The molecule has 0 bridgehead atoms. The molecule has 1 heteroatoms. The van der Waals surface area contributed by atoms with E-state index in [2.05, 4.69) is 20.8 Å². The van der Waals surface area contributed by atoms with Crippen LogP contribution < -0.4 is 0 Å². The molecule has 0 unspecified atom stereocenters.